The van der Waals surface area contributed by atoms with E-state index in [4.69, 9.17) is 4.74 Å². The minimum absolute atomic E-state index is 0.415. The van der Waals surface area contributed by atoms with Crippen LogP contribution in [0.3, 0.4) is 0 Å². The molecule has 106 valence electrons. The van der Waals surface area contributed by atoms with E-state index in [1.165, 1.54) is 11.3 Å². The number of benzene rings is 1. The number of morpholine rings is 1. The van der Waals surface area contributed by atoms with Crippen molar-refractivity contribution in [2.45, 2.75) is 13.3 Å². The maximum atomic E-state index is 5.39. The fourth-order valence-electron chi connectivity index (χ4n) is 2.78. The first-order valence-corrected chi connectivity index (χ1v) is 7.18. The number of ether oxygens (including phenoxy) is 1. The first kappa shape index (κ1) is 13.2. The van der Waals surface area contributed by atoms with Crippen LogP contribution in [0.15, 0.2) is 41.6 Å². The van der Waals surface area contributed by atoms with E-state index < -0.39 is 0 Å². The molecule has 20 heavy (non-hydrogen) atoms. The lowest BCUT2D eigenvalue weighted by Crippen LogP contribution is -2.36. The molecule has 1 saturated heterocycles. The predicted octanol–water partition coefficient (Wildman–Crippen LogP) is 2.37. The van der Waals surface area contributed by atoms with Crippen LogP contribution < -0.4 is 10.3 Å². The molecule has 4 heteroatoms. The van der Waals surface area contributed by atoms with E-state index in [1.807, 2.05) is 0 Å². The molecule has 1 aromatic carbocycles. The maximum Gasteiger partial charge on any atom is 0.0711 e. The van der Waals surface area contributed by atoms with Gasteiger partial charge in [0.1, 0.15) is 0 Å². The third-order valence-electron chi connectivity index (χ3n) is 3.89. The van der Waals surface area contributed by atoms with E-state index >= 15 is 0 Å². The number of rotatable bonds is 2. The topological polar surface area (TPSA) is 36.9 Å². The molecule has 1 N–H and O–H groups in total. The third-order valence-corrected chi connectivity index (χ3v) is 3.89. The Bertz CT molecular complexity index is 515. The summed E-state index contributed by atoms with van der Waals surface area (Å²) >= 11 is 0. The van der Waals surface area contributed by atoms with E-state index in [0.29, 0.717) is 5.92 Å². The number of anilines is 1. The Morgan fingerprint density at radius 3 is 2.60 bits per heavy atom. The van der Waals surface area contributed by atoms with Crippen LogP contribution in [0.2, 0.25) is 0 Å². The van der Waals surface area contributed by atoms with Gasteiger partial charge in [-0.3, -0.25) is 5.43 Å². The van der Waals surface area contributed by atoms with Gasteiger partial charge in [-0.2, -0.15) is 5.10 Å². The molecule has 2 heterocycles. The summed E-state index contributed by atoms with van der Waals surface area (Å²) < 4.78 is 5.39. The van der Waals surface area contributed by atoms with Crippen molar-refractivity contribution in [1.82, 2.24) is 5.43 Å². The molecule has 0 bridgehead atoms. The zero-order chi connectivity index (χ0) is 13.9. The van der Waals surface area contributed by atoms with Crippen LogP contribution in [0.1, 0.15) is 18.9 Å². The van der Waals surface area contributed by atoms with E-state index in [2.05, 4.69) is 53.2 Å². The van der Waals surface area contributed by atoms with Gasteiger partial charge in [-0.15, -0.1) is 0 Å². The van der Waals surface area contributed by atoms with Gasteiger partial charge in [0.05, 0.1) is 18.9 Å². The Labute approximate surface area is 120 Å². The molecule has 0 unspecified atom stereocenters. The number of nitrogens with one attached hydrogen (secondary N) is 1. The first-order chi connectivity index (χ1) is 9.74. The summed E-state index contributed by atoms with van der Waals surface area (Å²) in [4.78, 5) is 2.36. The van der Waals surface area contributed by atoms with Crippen molar-refractivity contribution >= 4 is 11.4 Å². The van der Waals surface area contributed by atoms with Crippen molar-refractivity contribution in [1.29, 1.82) is 0 Å². The fraction of sp³-hybridized carbons (Fsp3) is 0.438. The number of nitrogens with zero attached hydrogens (tertiary/aromatic N) is 2. The molecule has 1 aromatic rings. The molecule has 2 aliphatic rings. The Morgan fingerprint density at radius 1 is 1.25 bits per heavy atom. The Kier molecular flexibility index (Phi) is 3.74. The highest BCUT2D eigenvalue weighted by molar-refractivity contribution is 6.02. The van der Waals surface area contributed by atoms with Crippen LogP contribution in [0, 0.1) is 5.92 Å². The van der Waals surface area contributed by atoms with Gasteiger partial charge in [-0.25, -0.2) is 0 Å². The van der Waals surface area contributed by atoms with Crippen LogP contribution in [-0.4, -0.2) is 32.0 Å². The molecule has 0 saturated carbocycles. The monoisotopic (exact) mass is 271 g/mol. The van der Waals surface area contributed by atoms with Crippen molar-refractivity contribution in [3.05, 3.63) is 42.1 Å². The van der Waals surface area contributed by atoms with Gasteiger partial charge in [-0.05, 0) is 24.1 Å². The molecule has 0 spiro atoms. The van der Waals surface area contributed by atoms with Gasteiger partial charge in [0.2, 0.25) is 0 Å². The molecular weight excluding hydrogens is 250 g/mol. The van der Waals surface area contributed by atoms with E-state index in [0.717, 1.165) is 44.1 Å². The molecule has 1 atom stereocenters. The minimum Gasteiger partial charge on any atom is -0.378 e. The summed E-state index contributed by atoms with van der Waals surface area (Å²) in [5, 5.41) is 4.44. The van der Waals surface area contributed by atoms with Crippen LogP contribution in [-0.2, 0) is 4.74 Å². The quantitative estimate of drug-likeness (QED) is 0.897. The van der Waals surface area contributed by atoms with E-state index in [1.54, 1.807) is 0 Å². The van der Waals surface area contributed by atoms with E-state index in [-0.39, 0.29) is 0 Å². The zero-order valence-electron chi connectivity index (χ0n) is 11.9. The molecule has 2 aliphatic heterocycles. The first-order valence-electron chi connectivity index (χ1n) is 7.18. The third kappa shape index (κ3) is 2.70. The van der Waals surface area contributed by atoms with Crippen molar-refractivity contribution in [3.63, 3.8) is 0 Å². The molecule has 4 nitrogen and oxygen atoms in total. The summed E-state index contributed by atoms with van der Waals surface area (Å²) in [6.07, 6.45) is 0.948. The molecule has 1 fully saturated rings. The van der Waals surface area contributed by atoms with Gasteiger partial charge >= 0.3 is 0 Å². The summed E-state index contributed by atoms with van der Waals surface area (Å²) in [6, 6.07) is 8.68. The van der Waals surface area contributed by atoms with Crippen molar-refractivity contribution in [2.75, 3.05) is 31.2 Å². The maximum absolute atomic E-state index is 5.39. The minimum atomic E-state index is 0.415. The predicted molar refractivity (Wildman–Crippen MR) is 82.1 cm³/mol. The zero-order valence-corrected chi connectivity index (χ0v) is 11.9. The second-order valence-electron chi connectivity index (χ2n) is 5.46. The molecule has 0 aliphatic carbocycles. The van der Waals surface area contributed by atoms with Crippen LogP contribution in [0.4, 0.5) is 5.69 Å². The molecule has 3 rings (SSSR count). The van der Waals surface area contributed by atoms with Gasteiger partial charge in [-0.1, -0.05) is 25.6 Å². The largest absolute Gasteiger partial charge is 0.378 e. The molecule has 0 radical (unpaired) electrons. The van der Waals surface area contributed by atoms with Gasteiger partial charge in [0, 0.05) is 30.4 Å². The Balaban J connectivity index is 1.77. The lowest BCUT2D eigenvalue weighted by Gasteiger charge is -2.29. The Hall–Kier alpha value is -1.81. The highest BCUT2D eigenvalue weighted by Gasteiger charge is 2.19. The molecule has 0 amide bonds. The van der Waals surface area contributed by atoms with Crippen molar-refractivity contribution in [2.24, 2.45) is 11.0 Å². The number of hydrogen-bond acceptors (Lipinski definition) is 4. The number of hydrazone groups is 1. The van der Waals surface area contributed by atoms with Gasteiger partial charge < -0.3 is 9.64 Å². The second-order valence-corrected chi connectivity index (χ2v) is 5.46. The highest BCUT2D eigenvalue weighted by atomic mass is 16.5. The van der Waals surface area contributed by atoms with Gasteiger partial charge in [0.15, 0.2) is 0 Å². The second kappa shape index (κ2) is 5.67. The summed E-state index contributed by atoms with van der Waals surface area (Å²) in [5.41, 5.74) is 7.57. The van der Waals surface area contributed by atoms with E-state index in [9.17, 15) is 0 Å². The summed E-state index contributed by atoms with van der Waals surface area (Å²) in [7, 11) is 0. The SMILES string of the molecule is C=C1C[C@@H](C)C(c2ccc(N3CCOCC3)cc2)=NN1. The average molecular weight is 271 g/mol. The normalized spacial score (nSPS) is 23.2. The molecule has 0 aromatic heterocycles. The van der Waals surface area contributed by atoms with Crippen LogP contribution in [0.5, 0.6) is 0 Å². The highest BCUT2D eigenvalue weighted by Crippen LogP contribution is 2.22. The average Bonchev–Trinajstić information content (AvgIpc) is 2.48. The Morgan fingerprint density at radius 2 is 1.95 bits per heavy atom. The lowest BCUT2D eigenvalue weighted by atomic mass is 9.93. The lowest BCUT2D eigenvalue weighted by molar-refractivity contribution is 0.122. The van der Waals surface area contributed by atoms with Crippen LogP contribution in [0.25, 0.3) is 0 Å². The fourth-order valence-corrected chi connectivity index (χ4v) is 2.78. The number of allylic oxidation sites excluding steroid dienone is 1. The smallest absolute Gasteiger partial charge is 0.0711 e. The van der Waals surface area contributed by atoms with Crippen LogP contribution >= 0.6 is 0 Å². The van der Waals surface area contributed by atoms with Crippen molar-refractivity contribution in [3.8, 4) is 0 Å². The summed E-state index contributed by atoms with van der Waals surface area (Å²) in [5.74, 6) is 0.415. The van der Waals surface area contributed by atoms with Crippen molar-refractivity contribution < 1.29 is 4.74 Å². The number of hydrogen-bond donors (Lipinski definition) is 1. The summed E-state index contributed by atoms with van der Waals surface area (Å²) in [6.45, 7) is 9.70. The van der Waals surface area contributed by atoms with Gasteiger partial charge in [0.25, 0.3) is 0 Å². The molecular formula is C16H21N3O. The standard InChI is InChI=1S/C16H21N3O/c1-12-11-13(2)17-18-16(12)14-3-5-15(6-4-14)19-7-9-20-10-8-19/h3-6,12,17H,2,7-11H2,1H3/t12-/m1/s1.